The average Bonchev–Trinajstić information content (AvgIpc) is 3.11. The third-order valence-corrected chi connectivity index (χ3v) is 6.16. The summed E-state index contributed by atoms with van der Waals surface area (Å²) in [5.41, 5.74) is 0. The van der Waals surface area contributed by atoms with Crippen LogP contribution in [0.4, 0.5) is 0 Å². The van der Waals surface area contributed by atoms with Crippen molar-refractivity contribution < 1.29 is 4.74 Å². The van der Waals surface area contributed by atoms with E-state index in [4.69, 9.17) is 4.74 Å². The maximum absolute atomic E-state index is 5.44. The molecule has 1 aromatic rings. The molecule has 2 aliphatic heterocycles. The van der Waals surface area contributed by atoms with Crippen LogP contribution < -0.4 is 5.32 Å². The molecule has 1 aromatic carbocycles. The molecule has 0 radical (unpaired) electrons. The predicted octanol–water partition coefficient (Wildman–Crippen LogP) is 3.72. The molecule has 1 atom stereocenters. The second-order valence-corrected chi connectivity index (χ2v) is 7.80. The second kappa shape index (κ2) is 11.3. The summed E-state index contributed by atoms with van der Waals surface area (Å²) in [6, 6.07) is 10.7. The fraction of sp³-hybridized carbons (Fsp3) is 0.632. The van der Waals surface area contributed by atoms with Gasteiger partial charge in [-0.3, -0.25) is 4.99 Å². The molecule has 25 heavy (non-hydrogen) atoms. The van der Waals surface area contributed by atoms with Crippen molar-refractivity contribution in [2.45, 2.75) is 24.2 Å². The lowest BCUT2D eigenvalue weighted by Gasteiger charge is -2.26. The lowest BCUT2D eigenvalue weighted by Crippen LogP contribution is -2.42. The van der Waals surface area contributed by atoms with E-state index < -0.39 is 0 Å². The quantitative estimate of drug-likeness (QED) is 0.305. The van der Waals surface area contributed by atoms with E-state index in [0.29, 0.717) is 0 Å². The molecule has 2 aliphatic rings. The number of likely N-dealkylation sites (tertiary alicyclic amines) is 1. The molecular formula is C19H30IN3OS. The van der Waals surface area contributed by atoms with Gasteiger partial charge in [-0.1, -0.05) is 18.2 Å². The number of aliphatic imine (C=N–C) groups is 1. The Labute approximate surface area is 173 Å². The standard InChI is InChI=1S/C19H29N3OS.HI/c1-20-19(21-13-16-8-11-23-12-9-16)22-10-7-17(14-22)15-24-18-5-3-2-4-6-18;/h2-6,16-17H,7-15H2,1H3,(H,20,21);1H. The van der Waals surface area contributed by atoms with Gasteiger partial charge < -0.3 is 15.0 Å². The number of benzene rings is 1. The minimum absolute atomic E-state index is 0. The van der Waals surface area contributed by atoms with Crippen molar-refractivity contribution in [2.24, 2.45) is 16.8 Å². The highest BCUT2D eigenvalue weighted by atomic mass is 127. The fourth-order valence-electron chi connectivity index (χ4n) is 3.41. The van der Waals surface area contributed by atoms with E-state index in [1.165, 1.54) is 29.9 Å². The summed E-state index contributed by atoms with van der Waals surface area (Å²) >= 11 is 1.97. The number of hydrogen-bond acceptors (Lipinski definition) is 3. The summed E-state index contributed by atoms with van der Waals surface area (Å²) in [5.74, 6) is 3.74. The number of ether oxygens (including phenoxy) is 1. The van der Waals surface area contributed by atoms with E-state index in [9.17, 15) is 0 Å². The van der Waals surface area contributed by atoms with E-state index in [-0.39, 0.29) is 24.0 Å². The first-order valence-corrected chi connectivity index (χ1v) is 10.0. The van der Waals surface area contributed by atoms with E-state index >= 15 is 0 Å². The Hall–Kier alpha value is -0.470. The summed E-state index contributed by atoms with van der Waals surface area (Å²) in [6.07, 6.45) is 3.60. The van der Waals surface area contributed by atoms with Crippen LogP contribution in [0.25, 0.3) is 0 Å². The van der Waals surface area contributed by atoms with Gasteiger partial charge in [-0.25, -0.2) is 0 Å². The number of nitrogens with one attached hydrogen (secondary N) is 1. The number of thioether (sulfide) groups is 1. The molecule has 4 nitrogen and oxygen atoms in total. The number of rotatable bonds is 5. The molecule has 2 heterocycles. The normalized spacial score (nSPS) is 21.9. The topological polar surface area (TPSA) is 36.9 Å². The fourth-order valence-corrected chi connectivity index (χ4v) is 4.46. The van der Waals surface area contributed by atoms with Gasteiger partial charge in [0.05, 0.1) is 0 Å². The lowest BCUT2D eigenvalue weighted by atomic mass is 10.0. The van der Waals surface area contributed by atoms with Crippen LogP contribution in [0.5, 0.6) is 0 Å². The Morgan fingerprint density at radius 2 is 1.96 bits per heavy atom. The Morgan fingerprint density at radius 1 is 1.20 bits per heavy atom. The molecule has 0 amide bonds. The van der Waals surface area contributed by atoms with Gasteiger partial charge in [-0.05, 0) is 43.2 Å². The average molecular weight is 475 g/mol. The van der Waals surface area contributed by atoms with Crippen molar-refractivity contribution in [1.29, 1.82) is 0 Å². The first-order chi connectivity index (χ1) is 11.8. The van der Waals surface area contributed by atoms with Crippen molar-refractivity contribution in [3.05, 3.63) is 30.3 Å². The second-order valence-electron chi connectivity index (χ2n) is 6.71. The van der Waals surface area contributed by atoms with Gasteiger partial charge in [0.25, 0.3) is 0 Å². The number of hydrogen-bond donors (Lipinski definition) is 1. The van der Waals surface area contributed by atoms with E-state index in [0.717, 1.165) is 50.6 Å². The first kappa shape index (κ1) is 20.8. The van der Waals surface area contributed by atoms with Gasteiger partial charge >= 0.3 is 0 Å². The van der Waals surface area contributed by atoms with E-state index in [1.54, 1.807) is 0 Å². The van der Waals surface area contributed by atoms with Crippen molar-refractivity contribution in [3.63, 3.8) is 0 Å². The Morgan fingerprint density at radius 3 is 2.68 bits per heavy atom. The Balaban J connectivity index is 0.00000225. The minimum atomic E-state index is 0. The summed E-state index contributed by atoms with van der Waals surface area (Å²) < 4.78 is 5.44. The van der Waals surface area contributed by atoms with Gasteiger partial charge in [0.2, 0.25) is 0 Å². The molecule has 2 saturated heterocycles. The highest BCUT2D eigenvalue weighted by molar-refractivity contribution is 14.0. The van der Waals surface area contributed by atoms with Crippen LogP contribution in [-0.2, 0) is 4.74 Å². The van der Waals surface area contributed by atoms with Gasteiger partial charge in [0.15, 0.2) is 5.96 Å². The zero-order chi connectivity index (χ0) is 16.6. The maximum atomic E-state index is 5.44. The van der Waals surface area contributed by atoms with Crippen molar-refractivity contribution >= 4 is 41.7 Å². The lowest BCUT2D eigenvalue weighted by molar-refractivity contribution is 0.0674. The molecule has 0 spiro atoms. The molecule has 0 bridgehead atoms. The molecule has 2 fully saturated rings. The van der Waals surface area contributed by atoms with Crippen molar-refractivity contribution in [2.75, 3.05) is 45.6 Å². The summed E-state index contributed by atoms with van der Waals surface area (Å²) in [6.45, 7) is 5.08. The monoisotopic (exact) mass is 475 g/mol. The number of nitrogens with zero attached hydrogens (tertiary/aromatic N) is 2. The molecule has 1 unspecified atom stereocenters. The number of guanidine groups is 1. The molecular weight excluding hydrogens is 445 g/mol. The molecule has 140 valence electrons. The van der Waals surface area contributed by atoms with Crippen LogP contribution in [0.1, 0.15) is 19.3 Å². The van der Waals surface area contributed by atoms with Crippen LogP contribution in [-0.4, -0.2) is 56.5 Å². The van der Waals surface area contributed by atoms with Crippen LogP contribution >= 0.6 is 35.7 Å². The summed E-state index contributed by atoms with van der Waals surface area (Å²) in [4.78, 5) is 8.30. The van der Waals surface area contributed by atoms with Gasteiger partial charge in [0.1, 0.15) is 0 Å². The van der Waals surface area contributed by atoms with Gasteiger partial charge in [0, 0.05) is 50.5 Å². The highest BCUT2D eigenvalue weighted by Gasteiger charge is 2.25. The molecule has 0 aromatic heterocycles. The predicted molar refractivity (Wildman–Crippen MR) is 117 cm³/mol. The van der Waals surface area contributed by atoms with Crippen LogP contribution in [0.15, 0.2) is 40.2 Å². The molecule has 1 N–H and O–H groups in total. The smallest absolute Gasteiger partial charge is 0.193 e. The molecule has 0 saturated carbocycles. The zero-order valence-electron chi connectivity index (χ0n) is 15.0. The maximum Gasteiger partial charge on any atom is 0.193 e. The summed E-state index contributed by atoms with van der Waals surface area (Å²) in [5, 5.41) is 3.59. The third kappa shape index (κ3) is 6.64. The Bertz CT molecular complexity index is 523. The van der Waals surface area contributed by atoms with Gasteiger partial charge in [-0.2, -0.15) is 0 Å². The first-order valence-electron chi connectivity index (χ1n) is 9.06. The van der Waals surface area contributed by atoms with Crippen LogP contribution in [0.3, 0.4) is 0 Å². The van der Waals surface area contributed by atoms with Gasteiger partial charge in [-0.15, -0.1) is 35.7 Å². The molecule has 3 rings (SSSR count). The van der Waals surface area contributed by atoms with E-state index in [2.05, 4.69) is 45.5 Å². The zero-order valence-corrected chi connectivity index (χ0v) is 18.2. The van der Waals surface area contributed by atoms with Crippen LogP contribution in [0.2, 0.25) is 0 Å². The van der Waals surface area contributed by atoms with E-state index in [1.807, 2.05) is 18.8 Å². The summed E-state index contributed by atoms with van der Waals surface area (Å²) in [7, 11) is 1.90. The third-order valence-electron chi connectivity index (χ3n) is 4.92. The molecule has 6 heteroatoms. The van der Waals surface area contributed by atoms with Crippen LogP contribution in [0, 0.1) is 11.8 Å². The highest BCUT2D eigenvalue weighted by Crippen LogP contribution is 2.26. The molecule has 0 aliphatic carbocycles. The largest absolute Gasteiger partial charge is 0.381 e. The van der Waals surface area contributed by atoms with Crippen molar-refractivity contribution in [1.82, 2.24) is 10.2 Å². The minimum Gasteiger partial charge on any atom is -0.381 e. The SMILES string of the molecule is CN=C(NCC1CCOCC1)N1CCC(CSc2ccccc2)C1.I. The van der Waals surface area contributed by atoms with Crippen molar-refractivity contribution in [3.8, 4) is 0 Å². The Kier molecular flexibility index (Phi) is 9.41. The number of halogens is 1.